The Kier molecular flexibility index (Phi) is 7.12. The van der Waals surface area contributed by atoms with Crippen LogP contribution in [0.4, 0.5) is 5.69 Å². The minimum atomic E-state index is -3.45. The summed E-state index contributed by atoms with van der Waals surface area (Å²) in [6.07, 6.45) is 2.67. The number of anilines is 1. The van der Waals surface area contributed by atoms with E-state index in [2.05, 4.69) is 5.32 Å². The molecule has 1 N–H and O–H groups in total. The Morgan fingerprint density at radius 2 is 1.90 bits per heavy atom. The normalized spacial score (nSPS) is 16.2. The molecule has 2 aromatic carbocycles. The quantitative estimate of drug-likeness (QED) is 0.709. The molecule has 2 aromatic rings. The Morgan fingerprint density at radius 3 is 2.58 bits per heavy atom. The number of nitrogens with zero attached hydrogens (tertiary/aromatic N) is 1. The van der Waals surface area contributed by atoms with Gasteiger partial charge in [-0.3, -0.25) is 9.59 Å². The molecular weight excluding hydrogens is 416 g/mol. The fourth-order valence-electron chi connectivity index (χ4n) is 3.55. The Morgan fingerprint density at radius 1 is 1.16 bits per heavy atom. The van der Waals surface area contributed by atoms with Crippen molar-refractivity contribution in [1.29, 1.82) is 0 Å². The fraction of sp³-hybridized carbons (Fsp3) is 0.391. The number of sulfone groups is 1. The van der Waals surface area contributed by atoms with Gasteiger partial charge in [0.2, 0.25) is 5.91 Å². The minimum Gasteiger partial charge on any atom is -0.376 e. The van der Waals surface area contributed by atoms with E-state index in [-0.39, 0.29) is 35.6 Å². The Labute approximate surface area is 183 Å². The smallest absolute Gasteiger partial charge is 0.254 e. The summed E-state index contributed by atoms with van der Waals surface area (Å²) in [5.74, 6) is -0.726. The number of hydrogen-bond acceptors (Lipinski definition) is 5. The lowest BCUT2D eigenvalue weighted by Gasteiger charge is -2.25. The molecule has 7 nitrogen and oxygen atoms in total. The Hall–Kier alpha value is -2.71. The van der Waals surface area contributed by atoms with Crippen molar-refractivity contribution in [2.45, 2.75) is 37.7 Å². The molecule has 8 heteroatoms. The van der Waals surface area contributed by atoms with E-state index in [0.29, 0.717) is 12.3 Å². The molecule has 3 rings (SSSR count). The number of amides is 2. The molecule has 31 heavy (non-hydrogen) atoms. The second kappa shape index (κ2) is 9.62. The van der Waals surface area contributed by atoms with Crippen LogP contribution < -0.4 is 5.32 Å². The summed E-state index contributed by atoms with van der Waals surface area (Å²) in [5, 5.41) is 2.88. The van der Waals surface area contributed by atoms with Gasteiger partial charge in [-0.1, -0.05) is 18.2 Å². The second-order valence-corrected chi connectivity index (χ2v) is 9.93. The van der Waals surface area contributed by atoms with Gasteiger partial charge in [0, 0.05) is 30.7 Å². The van der Waals surface area contributed by atoms with Gasteiger partial charge < -0.3 is 15.0 Å². The van der Waals surface area contributed by atoms with Crippen molar-refractivity contribution in [2.24, 2.45) is 0 Å². The minimum absolute atomic E-state index is 0.0650. The maximum atomic E-state index is 13.2. The number of aryl methyl sites for hydroxylation is 1. The summed E-state index contributed by atoms with van der Waals surface area (Å²) in [4.78, 5) is 27.5. The van der Waals surface area contributed by atoms with Gasteiger partial charge in [0.05, 0.1) is 11.0 Å². The molecule has 1 heterocycles. The van der Waals surface area contributed by atoms with Crippen LogP contribution in [0.2, 0.25) is 0 Å². The highest BCUT2D eigenvalue weighted by Gasteiger charge is 2.26. The number of benzene rings is 2. The van der Waals surface area contributed by atoms with Crippen LogP contribution in [0.25, 0.3) is 0 Å². The van der Waals surface area contributed by atoms with Crippen molar-refractivity contribution in [2.75, 3.05) is 31.3 Å². The zero-order valence-electron chi connectivity index (χ0n) is 18.1. The average Bonchev–Trinajstić information content (AvgIpc) is 3.23. The summed E-state index contributed by atoms with van der Waals surface area (Å²) < 4.78 is 29.4. The van der Waals surface area contributed by atoms with E-state index in [0.717, 1.165) is 30.2 Å². The zero-order chi connectivity index (χ0) is 22.6. The molecule has 0 bridgehead atoms. The molecule has 1 aliphatic rings. The molecule has 166 valence electrons. The number of hydrogen-bond donors (Lipinski definition) is 1. The maximum Gasteiger partial charge on any atom is 0.254 e. The van der Waals surface area contributed by atoms with Gasteiger partial charge in [-0.05, 0) is 62.1 Å². The molecule has 1 fully saturated rings. The van der Waals surface area contributed by atoms with Crippen LogP contribution >= 0.6 is 0 Å². The van der Waals surface area contributed by atoms with E-state index in [1.165, 1.54) is 23.1 Å². The topological polar surface area (TPSA) is 92.8 Å². The summed E-state index contributed by atoms with van der Waals surface area (Å²) >= 11 is 0. The van der Waals surface area contributed by atoms with Crippen molar-refractivity contribution in [1.82, 2.24) is 4.90 Å². The van der Waals surface area contributed by atoms with E-state index < -0.39 is 15.7 Å². The second-order valence-electron chi connectivity index (χ2n) is 7.92. The van der Waals surface area contributed by atoms with Crippen LogP contribution in [-0.2, 0) is 19.4 Å². The Bertz CT molecular complexity index is 1080. The van der Waals surface area contributed by atoms with Crippen molar-refractivity contribution < 1.29 is 22.7 Å². The SMILES string of the molecule is Cc1cccc(NC(=O)CN(C[C@H]2CCCO2)C(=O)c2cccc(S(C)(=O)=O)c2)c1C. The van der Waals surface area contributed by atoms with Gasteiger partial charge in [0.25, 0.3) is 5.91 Å². The van der Waals surface area contributed by atoms with Crippen LogP contribution in [0.3, 0.4) is 0 Å². The van der Waals surface area contributed by atoms with E-state index in [1.807, 2.05) is 32.0 Å². The van der Waals surface area contributed by atoms with Gasteiger partial charge in [-0.2, -0.15) is 0 Å². The predicted octanol–water partition coefficient (Wildman–Crippen LogP) is 2.97. The van der Waals surface area contributed by atoms with Crippen LogP contribution in [0, 0.1) is 13.8 Å². The number of nitrogens with one attached hydrogen (secondary N) is 1. The molecule has 0 saturated carbocycles. The number of rotatable bonds is 7. The summed E-state index contributed by atoms with van der Waals surface area (Å²) in [5.41, 5.74) is 2.95. The standard InChI is InChI=1S/C23H28N2O5S/c1-16-7-4-11-21(17(16)2)24-22(26)15-25(14-19-9-6-12-30-19)23(27)18-8-5-10-20(13-18)31(3,28)29/h4-5,7-8,10-11,13,19H,6,9,12,14-15H2,1-3H3,(H,24,26)/t19-/m1/s1. The molecule has 0 aliphatic carbocycles. The zero-order valence-corrected chi connectivity index (χ0v) is 18.9. The lowest BCUT2D eigenvalue weighted by molar-refractivity contribution is -0.117. The third-order valence-corrected chi connectivity index (χ3v) is 6.57. The highest BCUT2D eigenvalue weighted by atomic mass is 32.2. The van der Waals surface area contributed by atoms with Crippen molar-refractivity contribution in [3.05, 3.63) is 59.2 Å². The van der Waals surface area contributed by atoms with E-state index in [9.17, 15) is 18.0 Å². The molecule has 0 spiro atoms. The first kappa shape index (κ1) is 23.0. The average molecular weight is 445 g/mol. The van der Waals surface area contributed by atoms with Crippen LogP contribution in [0.15, 0.2) is 47.4 Å². The summed E-state index contributed by atoms with van der Waals surface area (Å²) in [6, 6.07) is 11.5. The van der Waals surface area contributed by atoms with E-state index in [4.69, 9.17) is 4.74 Å². The molecule has 1 aliphatic heterocycles. The van der Waals surface area contributed by atoms with Crippen molar-refractivity contribution >= 4 is 27.3 Å². The molecule has 0 unspecified atom stereocenters. The van der Waals surface area contributed by atoms with Crippen LogP contribution in [0.1, 0.15) is 34.3 Å². The molecular formula is C23H28N2O5S. The third kappa shape index (κ3) is 5.92. The van der Waals surface area contributed by atoms with Crippen LogP contribution in [0.5, 0.6) is 0 Å². The van der Waals surface area contributed by atoms with Crippen molar-refractivity contribution in [3.8, 4) is 0 Å². The van der Waals surface area contributed by atoms with Gasteiger partial charge in [-0.15, -0.1) is 0 Å². The first-order chi connectivity index (χ1) is 14.6. The first-order valence-electron chi connectivity index (χ1n) is 10.2. The Balaban J connectivity index is 1.81. The molecule has 0 aromatic heterocycles. The number of ether oxygens (including phenoxy) is 1. The van der Waals surface area contributed by atoms with Gasteiger partial charge in [0.1, 0.15) is 6.54 Å². The third-order valence-electron chi connectivity index (χ3n) is 5.46. The molecule has 1 atom stereocenters. The van der Waals surface area contributed by atoms with Gasteiger partial charge in [0.15, 0.2) is 9.84 Å². The largest absolute Gasteiger partial charge is 0.376 e. The first-order valence-corrected chi connectivity index (χ1v) is 12.1. The summed E-state index contributed by atoms with van der Waals surface area (Å²) in [6.45, 7) is 4.63. The lowest BCUT2D eigenvalue weighted by Crippen LogP contribution is -2.42. The molecule has 2 amide bonds. The highest BCUT2D eigenvalue weighted by Crippen LogP contribution is 2.20. The molecule has 1 saturated heterocycles. The number of carbonyl (C=O) groups excluding carboxylic acids is 2. The maximum absolute atomic E-state index is 13.2. The van der Waals surface area contributed by atoms with Gasteiger partial charge >= 0.3 is 0 Å². The van der Waals surface area contributed by atoms with Crippen LogP contribution in [-0.4, -0.2) is 57.2 Å². The van der Waals surface area contributed by atoms with E-state index in [1.54, 1.807) is 6.07 Å². The lowest BCUT2D eigenvalue weighted by atomic mass is 10.1. The fourth-order valence-corrected chi connectivity index (χ4v) is 4.21. The van der Waals surface area contributed by atoms with E-state index >= 15 is 0 Å². The number of carbonyl (C=O) groups is 2. The van der Waals surface area contributed by atoms with Gasteiger partial charge in [-0.25, -0.2) is 8.42 Å². The molecule has 0 radical (unpaired) electrons. The monoisotopic (exact) mass is 444 g/mol. The summed E-state index contributed by atoms with van der Waals surface area (Å²) in [7, 11) is -3.45. The van der Waals surface area contributed by atoms with Crippen molar-refractivity contribution in [3.63, 3.8) is 0 Å². The predicted molar refractivity (Wildman–Crippen MR) is 119 cm³/mol. The highest BCUT2D eigenvalue weighted by molar-refractivity contribution is 7.90.